The standard InChI is InChI=1S/C11H19N5O/c1-16(2)4-3-12-11(17)9-5-8-10(6-13-9)15-7-14-8/h7,9,13H,3-6H2,1-2H3,(H,12,17)(H,14,15). The minimum absolute atomic E-state index is 0.0560. The minimum atomic E-state index is -0.159. The van der Waals surface area contributed by atoms with E-state index in [-0.39, 0.29) is 11.9 Å². The average molecular weight is 237 g/mol. The Bertz CT molecular complexity index is 387. The molecule has 0 saturated heterocycles. The maximum Gasteiger partial charge on any atom is 0.237 e. The second-order valence-corrected chi connectivity index (χ2v) is 4.56. The number of nitrogens with one attached hydrogen (secondary N) is 3. The highest BCUT2D eigenvalue weighted by Gasteiger charge is 2.25. The number of rotatable bonds is 4. The van der Waals surface area contributed by atoms with Crippen LogP contribution in [0.3, 0.4) is 0 Å². The van der Waals surface area contributed by atoms with Gasteiger partial charge < -0.3 is 15.2 Å². The number of likely N-dealkylation sites (N-methyl/N-ethyl adjacent to an activating group) is 1. The molecule has 1 unspecified atom stereocenters. The van der Waals surface area contributed by atoms with E-state index >= 15 is 0 Å². The Labute approximate surface area is 101 Å². The highest BCUT2D eigenvalue weighted by atomic mass is 16.2. The molecule has 0 spiro atoms. The molecule has 2 rings (SSSR count). The van der Waals surface area contributed by atoms with Crippen molar-refractivity contribution in [2.75, 3.05) is 27.2 Å². The van der Waals surface area contributed by atoms with Crippen molar-refractivity contribution in [3.63, 3.8) is 0 Å². The highest BCUT2D eigenvalue weighted by molar-refractivity contribution is 5.82. The Kier molecular flexibility index (Phi) is 3.75. The van der Waals surface area contributed by atoms with Crippen LogP contribution in [0.1, 0.15) is 11.4 Å². The van der Waals surface area contributed by atoms with Crippen LogP contribution in [0.5, 0.6) is 0 Å². The zero-order chi connectivity index (χ0) is 12.3. The lowest BCUT2D eigenvalue weighted by Gasteiger charge is -2.22. The molecular formula is C11H19N5O. The summed E-state index contributed by atoms with van der Waals surface area (Å²) < 4.78 is 0. The second kappa shape index (κ2) is 5.29. The zero-order valence-corrected chi connectivity index (χ0v) is 10.3. The predicted molar refractivity (Wildman–Crippen MR) is 64.5 cm³/mol. The number of carbonyl (C=O) groups is 1. The maximum atomic E-state index is 11.9. The molecule has 0 saturated carbocycles. The molecule has 1 atom stereocenters. The molecule has 0 aliphatic carbocycles. The third-order valence-corrected chi connectivity index (χ3v) is 2.90. The first-order valence-electron chi connectivity index (χ1n) is 5.84. The molecule has 1 aliphatic heterocycles. The van der Waals surface area contributed by atoms with E-state index in [9.17, 15) is 4.79 Å². The van der Waals surface area contributed by atoms with Crippen LogP contribution in [0, 0.1) is 0 Å². The maximum absolute atomic E-state index is 11.9. The number of H-pyrrole nitrogens is 1. The van der Waals surface area contributed by atoms with Gasteiger partial charge in [-0.05, 0) is 14.1 Å². The van der Waals surface area contributed by atoms with Crippen LogP contribution in [-0.4, -0.2) is 54.0 Å². The fourth-order valence-corrected chi connectivity index (χ4v) is 1.88. The summed E-state index contributed by atoms with van der Waals surface area (Å²) in [4.78, 5) is 21.2. The van der Waals surface area contributed by atoms with Crippen LogP contribution in [-0.2, 0) is 17.8 Å². The molecular weight excluding hydrogens is 218 g/mol. The molecule has 1 amide bonds. The lowest BCUT2D eigenvalue weighted by atomic mass is 10.0. The first-order chi connectivity index (χ1) is 8.16. The molecule has 2 heterocycles. The number of fused-ring (bicyclic) bond motifs is 1. The monoisotopic (exact) mass is 237 g/mol. The molecule has 1 aliphatic rings. The summed E-state index contributed by atoms with van der Waals surface area (Å²) in [6.07, 6.45) is 2.34. The highest BCUT2D eigenvalue weighted by Crippen LogP contribution is 2.11. The summed E-state index contributed by atoms with van der Waals surface area (Å²) in [5.41, 5.74) is 2.08. The Morgan fingerprint density at radius 1 is 1.65 bits per heavy atom. The zero-order valence-electron chi connectivity index (χ0n) is 10.3. The average Bonchev–Trinajstić information content (AvgIpc) is 2.75. The van der Waals surface area contributed by atoms with Gasteiger partial charge in [-0.2, -0.15) is 0 Å². The largest absolute Gasteiger partial charge is 0.353 e. The summed E-state index contributed by atoms with van der Waals surface area (Å²) in [7, 11) is 3.97. The Hall–Kier alpha value is -1.40. The van der Waals surface area contributed by atoms with Crippen LogP contribution in [0.25, 0.3) is 0 Å². The van der Waals surface area contributed by atoms with Crippen molar-refractivity contribution >= 4 is 5.91 Å². The third kappa shape index (κ3) is 3.04. The third-order valence-electron chi connectivity index (χ3n) is 2.90. The van der Waals surface area contributed by atoms with Gasteiger partial charge in [-0.3, -0.25) is 10.1 Å². The molecule has 0 bridgehead atoms. The quantitative estimate of drug-likeness (QED) is 0.635. The number of imidazole rings is 1. The van der Waals surface area contributed by atoms with Gasteiger partial charge in [-0.25, -0.2) is 4.98 Å². The van der Waals surface area contributed by atoms with E-state index in [1.807, 2.05) is 19.0 Å². The van der Waals surface area contributed by atoms with Gasteiger partial charge in [0.15, 0.2) is 0 Å². The number of aromatic amines is 1. The van der Waals surface area contributed by atoms with E-state index in [4.69, 9.17) is 0 Å². The predicted octanol–water partition coefficient (Wildman–Crippen LogP) is -0.898. The van der Waals surface area contributed by atoms with Crippen LogP contribution in [0.15, 0.2) is 6.33 Å². The van der Waals surface area contributed by atoms with Gasteiger partial charge in [0.2, 0.25) is 5.91 Å². The number of hydrogen-bond donors (Lipinski definition) is 3. The summed E-state index contributed by atoms with van der Waals surface area (Å²) in [5.74, 6) is 0.0560. The van der Waals surface area contributed by atoms with Gasteiger partial charge in [-0.15, -0.1) is 0 Å². The Morgan fingerprint density at radius 2 is 2.47 bits per heavy atom. The smallest absolute Gasteiger partial charge is 0.237 e. The van der Waals surface area contributed by atoms with E-state index in [0.29, 0.717) is 19.5 Å². The molecule has 1 aromatic heterocycles. The van der Waals surface area contributed by atoms with Crippen molar-refractivity contribution in [3.05, 3.63) is 17.7 Å². The number of carbonyl (C=O) groups excluding carboxylic acids is 1. The van der Waals surface area contributed by atoms with Crippen molar-refractivity contribution in [2.24, 2.45) is 0 Å². The van der Waals surface area contributed by atoms with Gasteiger partial charge in [0, 0.05) is 26.1 Å². The molecule has 0 aromatic carbocycles. The van der Waals surface area contributed by atoms with Gasteiger partial charge >= 0.3 is 0 Å². The summed E-state index contributed by atoms with van der Waals surface area (Å²) >= 11 is 0. The molecule has 17 heavy (non-hydrogen) atoms. The van der Waals surface area contributed by atoms with E-state index in [1.54, 1.807) is 6.33 Å². The number of aromatic nitrogens is 2. The van der Waals surface area contributed by atoms with Gasteiger partial charge in [-0.1, -0.05) is 0 Å². The lowest BCUT2D eigenvalue weighted by Crippen LogP contribution is -2.48. The molecule has 0 radical (unpaired) electrons. The SMILES string of the molecule is CN(C)CCNC(=O)C1Cc2nc[nH]c2CN1. The number of hydrogen-bond acceptors (Lipinski definition) is 4. The van der Waals surface area contributed by atoms with Crippen molar-refractivity contribution in [1.82, 2.24) is 25.5 Å². The minimum Gasteiger partial charge on any atom is -0.353 e. The summed E-state index contributed by atoms with van der Waals surface area (Å²) in [6.45, 7) is 2.21. The summed E-state index contributed by atoms with van der Waals surface area (Å²) in [6, 6.07) is -0.159. The topological polar surface area (TPSA) is 73.0 Å². The molecule has 94 valence electrons. The van der Waals surface area contributed by atoms with Gasteiger partial charge in [0.1, 0.15) is 0 Å². The number of amides is 1. The molecule has 6 heteroatoms. The summed E-state index contributed by atoms with van der Waals surface area (Å²) in [5, 5.41) is 6.13. The molecule has 3 N–H and O–H groups in total. The molecule has 1 aromatic rings. The van der Waals surface area contributed by atoms with Crippen molar-refractivity contribution < 1.29 is 4.79 Å². The normalized spacial score (nSPS) is 19.1. The van der Waals surface area contributed by atoms with E-state index in [2.05, 4.69) is 20.6 Å². The van der Waals surface area contributed by atoms with E-state index in [1.165, 1.54) is 0 Å². The van der Waals surface area contributed by atoms with Crippen LogP contribution >= 0.6 is 0 Å². The van der Waals surface area contributed by atoms with Crippen molar-refractivity contribution in [1.29, 1.82) is 0 Å². The second-order valence-electron chi connectivity index (χ2n) is 4.56. The van der Waals surface area contributed by atoms with E-state index < -0.39 is 0 Å². The van der Waals surface area contributed by atoms with Crippen molar-refractivity contribution in [3.8, 4) is 0 Å². The van der Waals surface area contributed by atoms with Crippen LogP contribution in [0.2, 0.25) is 0 Å². The van der Waals surface area contributed by atoms with Crippen molar-refractivity contribution in [2.45, 2.75) is 19.0 Å². The van der Waals surface area contributed by atoms with Gasteiger partial charge in [0.25, 0.3) is 0 Å². The first-order valence-corrected chi connectivity index (χ1v) is 5.84. The first kappa shape index (κ1) is 12.1. The Balaban J connectivity index is 1.82. The fraction of sp³-hybridized carbons (Fsp3) is 0.636. The Morgan fingerprint density at radius 3 is 3.24 bits per heavy atom. The molecule has 6 nitrogen and oxygen atoms in total. The van der Waals surface area contributed by atoms with Gasteiger partial charge in [0.05, 0.1) is 23.8 Å². The van der Waals surface area contributed by atoms with E-state index in [0.717, 1.165) is 17.9 Å². The fourth-order valence-electron chi connectivity index (χ4n) is 1.88. The number of nitrogens with zero attached hydrogens (tertiary/aromatic N) is 2. The molecule has 0 fully saturated rings. The van der Waals surface area contributed by atoms with Crippen LogP contribution in [0.4, 0.5) is 0 Å². The lowest BCUT2D eigenvalue weighted by molar-refractivity contribution is -0.123. The van der Waals surface area contributed by atoms with Crippen LogP contribution < -0.4 is 10.6 Å².